The molecule has 1 aliphatic heterocycles. The summed E-state index contributed by atoms with van der Waals surface area (Å²) in [4.78, 5) is 25.4. The zero-order valence-electron chi connectivity index (χ0n) is 14.3. The van der Waals surface area contributed by atoms with Crippen LogP contribution in [-0.4, -0.2) is 35.0 Å². The van der Waals surface area contributed by atoms with Crippen molar-refractivity contribution in [3.8, 4) is 5.75 Å². The molecule has 0 aliphatic carbocycles. The van der Waals surface area contributed by atoms with E-state index >= 15 is 0 Å². The highest BCUT2D eigenvalue weighted by Gasteiger charge is 2.30. The van der Waals surface area contributed by atoms with Crippen molar-refractivity contribution in [1.82, 2.24) is 10.1 Å². The molecule has 0 bridgehead atoms. The van der Waals surface area contributed by atoms with Gasteiger partial charge in [-0.15, -0.1) is 0 Å². The van der Waals surface area contributed by atoms with Crippen LogP contribution in [0, 0.1) is 19.8 Å². The fourth-order valence-corrected chi connectivity index (χ4v) is 2.92. The molecule has 25 heavy (non-hydrogen) atoms. The van der Waals surface area contributed by atoms with Crippen molar-refractivity contribution >= 4 is 11.8 Å². The lowest BCUT2D eigenvalue weighted by Crippen LogP contribution is -2.31. The fraction of sp³-hybridized carbons (Fsp3) is 0.389. The zero-order valence-corrected chi connectivity index (χ0v) is 14.3. The molecule has 0 spiro atoms. The molecule has 2 amide bonds. The number of aromatic nitrogens is 1. The molecule has 0 radical (unpaired) electrons. The summed E-state index contributed by atoms with van der Waals surface area (Å²) in [5, 5.41) is 3.89. The first kappa shape index (κ1) is 17.0. The minimum absolute atomic E-state index is 0.0963. The molecule has 3 rings (SSSR count). The van der Waals surface area contributed by atoms with Crippen LogP contribution in [0.5, 0.6) is 5.75 Å². The summed E-state index contributed by atoms with van der Waals surface area (Å²) in [6, 6.07) is 6.96. The highest BCUT2D eigenvalue weighted by atomic mass is 16.5. The third kappa shape index (κ3) is 3.65. The van der Waals surface area contributed by atoms with Crippen molar-refractivity contribution < 1.29 is 18.8 Å². The largest absolute Gasteiger partial charge is 0.489 e. The van der Waals surface area contributed by atoms with Gasteiger partial charge < -0.3 is 19.9 Å². The summed E-state index contributed by atoms with van der Waals surface area (Å²) < 4.78 is 10.8. The Morgan fingerprint density at radius 2 is 2.04 bits per heavy atom. The Balaban J connectivity index is 1.60. The van der Waals surface area contributed by atoms with Gasteiger partial charge in [0.2, 0.25) is 5.91 Å². The molecule has 132 valence electrons. The molecule has 1 fully saturated rings. The number of hydrogen-bond acceptors (Lipinski definition) is 5. The van der Waals surface area contributed by atoms with Gasteiger partial charge in [-0.1, -0.05) is 5.16 Å². The normalized spacial score (nSPS) is 16.9. The number of rotatable bonds is 5. The van der Waals surface area contributed by atoms with Gasteiger partial charge in [-0.25, -0.2) is 0 Å². The Hall–Kier alpha value is -2.83. The monoisotopic (exact) mass is 343 g/mol. The average Bonchev–Trinajstić information content (AvgIpc) is 3.21. The molecule has 7 nitrogen and oxygen atoms in total. The number of primary amides is 1. The van der Waals surface area contributed by atoms with E-state index in [-0.39, 0.29) is 17.7 Å². The second-order valence-electron chi connectivity index (χ2n) is 6.25. The van der Waals surface area contributed by atoms with E-state index in [1.54, 1.807) is 29.2 Å². The number of carbonyl (C=O) groups excluding carboxylic acids is 2. The van der Waals surface area contributed by atoms with Gasteiger partial charge in [0.25, 0.3) is 5.91 Å². The lowest BCUT2D eigenvalue weighted by atomic mass is 10.1. The minimum atomic E-state index is -0.349. The van der Waals surface area contributed by atoms with Gasteiger partial charge in [0.15, 0.2) is 0 Å². The number of aryl methyl sites for hydroxylation is 2. The van der Waals surface area contributed by atoms with Crippen LogP contribution in [0.1, 0.15) is 33.8 Å². The molecular formula is C18H21N3O4. The van der Waals surface area contributed by atoms with Crippen LogP contribution >= 0.6 is 0 Å². The third-order valence-electron chi connectivity index (χ3n) is 4.54. The molecule has 1 saturated heterocycles. The number of nitrogens with two attached hydrogens (primary N) is 1. The molecule has 1 unspecified atom stereocenters. The molecule has 7 heteroatoms. The smallest absolute Gasteiger partial charge is 0.253 e. The number of hydrogen-bond donors (Lipinski definition) is 1. The maximum atomic E-state index is 12.5. The molecule has 1 aromatic carbocycles. The van der Waals surface area contributed by atoms with Crippen molar-refractivity contribution in [3.05, 3.63) is 46.8 Å². The maximum Gasteiger partial charge on any atom is 0.253 e. The Labute approximate surface area is 145 Å². The second-order valence-corrected chi connectivity index (χ2v) is 6.25. The first-order chi connectivity index (χ1) is 12.0. The van der Waals surface area contributed by atoms with Crippen molar-refractivity contribution in [2.24, 2.45) is 11.7 Å². The van der Waals surface area contributed by atoms with Crippen molar-refractivity contribution in [1.29, 1.82) is 0 Å². The predicted molar refractivity (Wildman–Crippen MR) is 90.0 cm³/mol. The van der Waals surface area contributed by atoms with Crippen LogP contribution in [0.25, 0.3) is 0 Å². The Morgan fingerprint density at radius 3 is 2.60 bits per heavy atom. The van der Waals surface area contributed by atoms with Gasteiger partial charge in [0, 0.05) is 18.7 Å². The summed E-state index contributed by atoms with van der Waals surface area (Å²) in [5.41, 5.74) is 7.61. The molecule has 0 saturated carbocycles. The van der Waals surface area contributed by atoms with Gasteiger partial charge in [-0.05, 0) is 44.5 Å². The lowest BCUT2D eigenvalue weighted by molar-refractivity contribution is -0.121. The van der Waals surface area contributed by atoms with Gasteiger partial charge in [0.1, 0.15) is 18.1 Å². The topological polar surface area (TPSA) is 98.7 Å². The van der Waals surface area contributed by atoms with Crippen LogP contribution in [0.3, 0.4) is 0 Å². The molecular weight excluding hydrogens is 322 g/mol. The molecule has 1 aliphatic rings. The van der Waals surface area contributed by atoms with Gasteiger partial charge in [-0.2, -0.15) is 0 Å². The lowest BCUT2D eigenvalue weighted by Gasteiger charge is -2.16. The van der Waals surface area contributed by atoms with E-state index in [1.807, 2.05) is 13.8 Å². The van der Waals surface area contributed by atoms with E-state index in [9.17, 15) is 9.59 Å². The number of carbonyl (C=O) groups is 2. The fourth-order valence-electron chi connectivity index (χ4n) is 2.92. The maximum absolute atomic E-state index is 12.5. The molecule has 2 N–H and O–H groups in total. The van der Waals surface area contributed by atoms with Crippen molar-refractivity contribution in [2.45, 2.75) is 26.9 Å². The van der Waals surface area contributed by atoms with Crippen LogP contribution in [0.15, 0.2) is 28.8 Å². The van der Waals surface area contributed by atoms with E-state index < -0.39 is 0 Å². The summed E-state index contributed by atoms with van der Waals surface area (Å²) in [7, 11) is 0. The van der Waals surface area contributed by atoms with E-state index in [4.69, 9.17) is 15.0 Å². The van der Waals surface area contributed by atoms with Crippen LogP contribution < -0.4 is 10.5 Å². The first-order valence-corrected chi connectivity index (χ1v) is 8.19. The Kier molecular flexibility index (Phi) is 4.74. The summed E-state index contributed by atoms with van der Waals surface area (Å²) in [6.45, 7) is 5.01. The van der Waals surface area contributed by atoms with E-state index in [0.29, 0.717) is 37.4 Å². The Morgan fingerprint density at radius 1 is 1.32 bits per heavy atom. The highest BCUT2D eigenvalue weighted by molar-refractivity contribution is 5.95. The standard InChI is InChI=1S/C18H21N3O4/c1-11-16(12(2)25-20-11)10-24-15-5-3-13(4-6-15)18(23)21-8-7-14(9-21)17(19)22/h3-6,14H,7-10H2,1-2H3,(H2,19,22). The second kappa shape index (κ2) is 6.96. The predicted octanol–water partition coefficient (Wildman–Crippen LogP) is 1.82. The summed E-state index contributed by atoms with van der Waals surface area (Å²) in [5.74, 6) is 0.705. The quantitative estimate of drug-likeness (QED) is 0.893. The average molecular weight is 343 g/mol. The number of ether oxygens (including phenoxy) is 1. The SMILES string of the molecule is Cc1noc(C)c1COc1ccc(C(=O)N2CCC(C(N)=O)C2)cc1. The molecule has 1 atom stereocenters. The minimum Gasteiger partial charge on any atom is -0.489 e. The molecule has 2 heterocycles. The van der Waals surface area contributed by atoms with Gasteiger partial charge in [-0.3, -0.25) is 9.59 Å². The van der Waals surface area contributed by atoms with E-state index in [0.717, 1.165) is 17.0 Å². The van der Waals surface area contributed by atoms with Crippen LogP contribution in [0.4, 0.5) is 0 Å². The molecule has 1 aromatic heterocycles. The Bertz CT molecular complexity index is 763. The van der Waals surface area contributed by atoms with E-state index in [2.05, 4.69) is 5.16 Å². The summed E-state index contributed by atoms with van der Waals surface area (Å²) in [6.07, 6.45) is 0.625. The van der Waals surface area contributed by atoms with Crippen LogP contribution in [0.2, 0.25) is 0 Å². The number of amides is 2. The van der Waals surface area contributed by atoms with Gasteiger partial charge in [0.05, 0.1) is 17.2 Å². The molecule has 2 aromatic rings. The van der Waals surface area contributed by atoms with Gasteiger partial charge >= 0.3 is 0 Å². The number of likely N-dealkylation sites (tertiary alicyclic amines) is 1. The first-order valence-electron chi connectivity index (χ1n) is 8.19. The number of nitrogens with zero attached hydrogens (tertiary/aromatic N) is 2. The highest BCUT2D eigenvalue weighted by Crippen LogP contribution is 2.21. The summed E-state index contributed by atoms with van der Waals surface area (Å²) >= 11 is 0. The van der Waals surface area contributed by atoms with E-state index in [1.165, 1.54) is 0 Å². The van der Waals surface area contributed by atoms with Crippen molar-refractivity contribution in [2.75, 3.05) is 13.1 Å². The zero-order chi connectivity index (χ0) is 18.0. The van der Waals surface area contributed by atoms with Crippen LogP contribution in [-0.2, 0) is 11.4 Å². The third-order valence-corrected chi connectivity index (χ3v) is 4.54. The number of benzene rings is 1. The van der Waals surface area contributed by atoms with Crippen molar-refractivity contribution in [3.63, 3.8) is 0 Å².